The molecule has 6 nitrogen and oxygen atoms in total. The second-order valence-electron chi connectivity index (χ2n) is 4.00. The second-order valence-corrected chi connectivity index (χ2v) is 4.00. The lowest BCUT2D eigenvalue weighted by molar-refractivity contribution is -0.122. The van der Waals surface area contributed by atoms with E-state index in [1.807, 2.05) is 18.2 Å². The van der Waals surface area contributed by atoms with Gasteiger partial charge in [-0.05, 0) is 19.1 Å². The molecule has 0 fully saturated rings. The summed E-state index contributed by atoms with van der Waals surface area (Å²) < 4.78 is 10.2. The molecule has 2 N–H and O–H groups in total. The van der Waals surface area contributed by atoms with Gasteiger partial charge in [0.2, 0.25) is 11.2 Å². The number of aryl methyl sites for hydroxylation is 1. The Bertz CT molecular complexity index is 637. The van der Waals surface area contributed by atoms with Crippen molar-refractivity contribution in [2.24, 2.45) is 0 Å². The fraction of sp³-hybridized carbons (Fsp3) is 0.143. The largest absolute Gasteiger partial charge is 0.476 e. The monoisotopic (exact) mass is 274 g/mol. The zero-order valence-electron chi connectivity index (χ0n) is 10.9. The molecule has 0 bridgehead atoms. The molecule has 0 aliphatic heterocycles. The van der Waals surface area contributed by atoms with E-state index < -0.39 is 5.91 Å². The van der Waals surface area contributed by atoms with Crippen molar-refractivity contribution in [1.29, 1.82) is 0 Å². The van der Waals surface area contributed by atoms with Crippen LogP contribution >= 0.6 is 0 Å². The molecule has 1 amide bonds. The number of carbonyl (C=O) groups excluding carboxylic acids is 1. The minimum absolute atomic E-state index is 0.0439. The van der Waals surface area contributed by atoms with Gasteiger partial charge >= 0.3 is 0 Å². The van der Waals surface area contributed by atoms with Crippen molar-refractivity contribution in [3.05, 3.63) is 58.6 Å². The van der Waals surface area contributed by atoms with E-state index in [4.69, 9.17) is 9.15 Å². The summed E-state index contributed by atoms with van der Waals surface area (Å²) in [6, 6.07) is 10.4. The molecule has 6 heteroatoms. The number of carbonyl (C=O) groups is 1. The van der Waals surface area contributed by atoms with E-state index in [0.29, 0.717) is 5.76 Å². The number of rotatable bonds is 5. The van der Waals surface area contributed by atoms with Crippen molar-refractivity contribution in [3.63, 3.8) is 0 Å². The van der Waals surface area contributed by atoms with Crippen LogP contribution in [0.2, 0.25) is 0 Å². The molecule has 0 aliphatic rings. The van der Waals surface area contributed by atoms with Crippen molar-refractivity contribution in [1.82, 2.24) is 5.43 Å². The average molecular weight is 274 g/mol. The molecule has 20 heavy (non-hydrogen) atoms. The number of anilines is 1. The highest BCUT2D eigenvalue weighted by Gasteiger charge is 2.09. The molecule has 1 aromatic heterocycles. The third-order valence-electron chi connectivity index (χ3n) is 2.48. The van der Waals surface area contributed by atoms with Crippen LogP contribution in [0.1, 0.15) is 5.76 Å². The summed E-state index contributed by atoms with van der Waals surface area (Å²) >= 11 is 0. The van der Waals surface area contributed by atoms with E-state index in [1.54, 1.807) is 19.1 Å². The quantitative estimate of drug-likeness (QED) is 0.807. The highest BCUT2D eigenvalue weighted by Crippen LogP contribution is 2.10. The van der Waals surface area contributed by atoms with Crippen LogP contribution in [0.25, 0.3) is 0 Å². The first kappa shape index (κ1) is 13.7. The standard InChI is InChI=1S/C14H14N2O4/c1-10-14(12(17)7-8-19-10)20-9-13(18)16-15-11-5-3-2-4-6-11/h2-8,15H,9H2,1H3,(H,16,18). The average Bonchev–Trinajstić information content (AvgIpc) is 2.46. The lowest BCUT2D eigenvalue weighted by atomic mass is 10.3. The van der Waals surface area contributed by atoms with Gasteiger partial charge in [-0.2, -0.15) is 0 Å². The third-order valence-corrected chi connectivity index (χ3v) is 2.48. The zero-order valence-corrected chi connectivity index (χ0v) is 10.9. The van der Waals surface area contributed by atoms with Crippen molar-refractivity contribution >= 4 is 11.6 Å². The number of benzene rings is 1. The van der Waals surface area contributed by atoms with Crippen LogP contribution < -0.4 is 21.0 Å². The fourth-order valence-electron chi connectivity index (χ4n) is 1.51. The number of hydrogen-bond acceptors (Lipinski definition) is 5. The number of hydrogen-bond donors (Lipinski definition) is 2. The van der Waals surface area contributed by atoms with E-state index in [9.17, 15) is 9.59 Å². The summed E-state index contributed by atoms with van der Waals surface area (Å²) in [7, 11) is 0. The summed E-state index contributed by atoms with van der Waals surface area (Å²) in [4.78, 5) is 23.1. The molecule has 0 saturated heterocycles. The Kier molecular flexibility index (Phi) is 4.39. The van der Waals surface area contributed by atoms with Gasteiger partial charge in [0, 0.05) is 6.07 Å². The minimum Gasteiger partial charge on any atom is -0.476 e. The maximum atomic E-state index is 11.6. The number of para-hydroxylation sites is 1. The van der Waals surface area contributed by atoms with E-state index >= 15 is 0 Å². The Morgan fingerprint density at radius 3 is 2.70 bits per heavy atom. The van der Waals surface area contributed by atoms with Crippen molar-refractivity contribution in [2.75, 3.05) is 12.0 Å². The Morgan fingerprint density at radius 2 is 2.00 bits per heavy atom. The first-order chi connectivity index (χ1) is 9.66. The van der Waals surface area contributed by atoms with Crippen LogP contribution in [0.4, 0.5) is 5.69 Å². The smallest absolute Gasteiger partial charge is 0.276 e. The molecule has 1 heterocycles. The van der Waals surface area contributed by atoms with Gasteiger partial charge in [-0.3, -0.25) is 20.4 Å². The van der Waals surface area contributed by atoms with Crippen LogP contribution in [0.15, 0.2) is 51.9 Å². The summed E-state index contributed by atoms with van der Waals surface area (Å²) in [6.07, 6.45) is 1.28. The summed E-state index contributed by atoms with van der Waals surface area (Å²) in [5.41, 5.74) is 5.62. The lowest BCUT2D eigenvalue weighted by Gasteiger charge is -2.09. The van der Waals surface area contributed by atoms with Crippen molar-refractivity contribution in [2.45, 2.75) is 6.92 Å². The second kappa shape index (κ2) is 6.42. The van der Waals surface area contributed by atoms with Crippen LogP contribution in [-0.2, 0) is 4.79 Å². The van der Waals surface area contributed by atoms with Gasteiger partial charge in [-0.15, -0.1) is 0 Å². The SMILES string of the molecule is Cc1occc(=O)c1OCC(=O)NNc1ccccc1. The van der Waals surface area contributed by atoms with Gasteiger partial charge in [0.1, 0.15) is 5.76 Å². The van der Waals surface area contributed by atoms with Crippen LogP contribution in [0.5, 0.6) is 5.75 Å². The zero-order chi connectivity index (χ0) is 14.4. The molecular formula is C14H14N2O4. The molecule has 0 radical (unpaired) electrons. The van der Waals surface area contributed by atoms with Crippen LogP contribution in [0.3, 0.4) is 0 Å². The van der Waals surface area contributed by atoms with Gasteiger partial charge in [0.15, 0.2) is 6.61 Å². The number of hydrazine groups is 1. The molecule has 2 rings (SSSR count). The third kappa shape index (κ3) is 3.61. The molecule has 0 unspecified atom stereocenters. The first-order valence-corrected chi connectivity index (χ1v) is 5.98. The van der Waals surface area contributed by atoms with Gasteiger partial charge in [-0.25, -0.2) is 0 Å². The maximum absolute atomic E-state index is 11.6. The van der Waals surface area contributed by atoms with E-state index in [1.165, 1.54) is 12.3 Å². The Hall–Kier alpha value is -2.76. The minimum atomic E-state index is -0.406. The summed E-state index contributed by atoms with van der Waals surface area (Å²) in [5.74, 6) is -0.0276. The number of amides is 1. The molecule has 0 saturated carbocycles. The molecule has 1 aromatic carbocycles. The topological polar surface area (TPSA) is 80.6 Å². The molecule has 0 atom stereocenters. The first-order valence-electron chi connectivity index (χ1n) is 5.98. The van der Waals surface area contributed by atoms with E-state index in [0.717, 1.165) is 5.69 Å². The molecule has 104 valence electrons. The Labute approximate surface area is 115 Å². The molecule has 0 spiro atoms. The normalized spacial score (nSPS) is 9.85. The lowest BCUT2D eigenvalue weighted by Crippen LogP contribution is -2.34. The highest BCUT2D eigenvalue weighted by molar-refractivity contribution is 5.78. The van der Waals surface area contributed by atoms with Crippen LogP contribution in [-0.4, -0.2) is 12.5 Å². The van der Waals surface area contributed by atoms with Crippen molar-refractivity contribution < 1.29 is 13.9 Å². The molecular weight excluding hydrogens is 260 g/mol. The van der Waals surface area contributed by atoms with Crippen LogP contribution in [0, 0.1) is 6.92 Å². The molecule has 2 aromatic rings. The predicted molar refractivity (Wildman–Crippen MR) is 73.4 cm³/mol. The van der Waals surface area contributed by atoms with Gasteiger partial charge in [0.05, 0.1) is 12.0 Å². The number of ether oxygens (including phenoxy) is 1. The summed E-state index contributed by atoms with van der Waals surface area (Å²) in [6.45, 7) is 1.31. The van der Waals surface area contributed by atoms with E-state index in [2.05, 4.69) is 10.9 Å². The maximum Gasteiger partial charge on any atom is 0.276 e. The van der Waals surface area contributed by atoms with E-state index in [-0.39, 0.29) is 17.8 Å². The fourth-order valence-corrected chi connectivity index (χ4v) is 1.51. The van der Waals surface area contributed by atoms with Gasteiger partial charge in [0.25, 0.3) is 5.91 Å². The number of nitrogens with one attached hydrogen (secondary N) is 2. The Morgan fingerprint density at radius 1 is 1.25 bits per heavy atom. The Balaban J connectivity index is 1.85. The van der Waals surface area contributed by atoms with Crippen molar-refractivity contribution in [3.8, 4) is 5.75 Å². The summed E-state index contributed by atoms with van der Waals surface area (Å²) in [5, 5.41) is 0. The van der Waals surface area contributed by atoms with Gasteiger partial charge < -0.3 is 9.15 Å². The predicted octanol–water partition coefficient (Wildman–Crippen LogP) is 1.47. The highest BCUT2D eigenvalue weighted by atomic mass is 16.5. The molecule has 0 aliphatic carbocycles. The van der Waals surface area contributed by atoms with Gasteiger partial charge in [-0.1, -0.05) is 18.2 Å².